The summed E-state index contributed by atoms with van der Waals surface area (Å²) in [7, 11) is 0. The van der Waals surface area contributed by atoms with Crippen LogP contribution in [0.2, 0.25) is 5.28 Å². The van der Waals surface area contributed by atoms with Crippen LogP contribution in [0.4, 0.5) is 5.82 Å². The number of aliphatic hydroxyl groups excluding tert-OH is 1. The number of halogens is 2. The maximum absolute atomic E-state index is 9.61. The van der Waals surface area contributed by atoms with Crippen molar-refractivity contribution in [1.82, 2.24) is 9.97 Å². The quantitative estimate of drug-likeness (QED) is 0.841. The zero-order chi connectivity index (χ0) is 12.3. The van der Waals surface area contributed by atoms with Crippen LogP contribution in [0.25, 0.3) is 0 Å². The van der Waals surface area contributed by atoms with Crippen LogP contribution >= 0.6 is 27.5 Å². The molecule has 0 unspecified atom stereocenters. The molecule has 2 rings (SSSR count). The Bertz CT molecular complexity index is 396. The van der Waals surface area contributed by atoms with Gasteiger partial charge in [-0.2, -0.15) is 4.98 Å². The number of aromatic nitrogens is 2. The molecule has 1 aromatic rings. The van der Waals surface area contributed by atoms with Crippen LogP contribution in [0, 0.1) is 0 Å². The maximum Gasteiger partial charge on any atom is 0.224 e. The minimum atomic E-state index is -0.265. The Balaban J connectivity index is 2.20. The number of rotatable bonds is 3. The third-order valence-electron chi connectivity index (χ3n) is 3.21. The van der Waals surface area contributed by atoms with Gasteiger partial charge in [0.2, 0.25) is 5.28 Å². The molecule has 0 radical (unpaired) electrons. The third-order valence-corrected chi connectivity index (χ3v) is 3.97. The normalized spacial score (nSPS) is 19.0. The average molecular weight is 321 g/mol. The molecule has 0 aromatic carbocycles. The SMILES string of the molecule is OCC1(Nc2nc(Cl)ncc2Br)CCCCC1. The highest BCUT2D eigenvalue weighted by Gasteiger charge is 2.32. The van der Waals surface area contributed by atoms with E-state index in [1.807, 2.05) is 0 Å². The first-order valence-corrected chi connectivity index (χ1v) is 6.89. The topological polar surface area (TPSA) is 58.0 Å². The van der Waals surface area contributed by atoms with E-state index in [9.17, 15) is 5.11 Å². The Labute approximate surface area is 114 Å². The van der Waals surface area contributed by atoms with E-state index < -0.39 is 0 Å². The van der Waals surface area contributed by atoms with Crippen LogP contribution in [-0.4, -0.2) is 27.2 Å². The van der Waals surface area contributed by atoms with Crippen molar-refractivity contribution in [1.29, 1.82) is 0 Å². The summed E-state index contributed by atoms with van der Waals surface area (Å²) in [4.78, 5) is 8.03. The summed E-state index contributed by atoms with van der Waals surface area (Å²) in [5.41, 5.74) is -0.265. The lowest BCUT2D eigenvalue weighted by atomic mass is 9.82. The minimum absolute atomic E-state index is 0.112. The molecule has 1 aliphatic carbocycles. The first kappa shape index (κ1) is 13.1. The smallest absolute Gasteiger partial charge is 0.224 e. The molecule has 1 saturated carbocycles. The van der Waals surface area contributed by atoms with Gasteiger partial charge in [-0.1, -0.05) is 19.3 Å². The number of hydrogen-bond donors (Lipinski definition) is 2. The largest absolute Gasteiger partial charge is 0.394 e. The summed E-state index contributed by atoms with van der Waals surface area (Å²) < 4.78 is 0.764. The summed E-state index contributed by atoms with van der Waals surface area (Å²) in [6, 6.07) is 0. The lowest BCUT2D eigenvalue weighted by Gasteiger charge is -2.37. The highest BCUT2D eigenvalue weighted by atomic mass is 79.9. The molecule has 0 spiro atoms. The van der Waals surface area contributed by atoms with Gasteiger partial charge in [0.1, 0.15) is 5.82 Å². The fourth-order valence-electron chi connectivity index (χ4n) is 2.24. The van der Waals surface area contributed by atoms with Crippen LogP contribution in [0.5, 0.6) is 0 Å². The third kappa shape index (κ3) is 3.09. The van der Waals surface area contributed by atoms with Crippen LogP contribution in [0.1, 0.15) is 32.1 Å². The standard InChI is InChI=1S/C11H15BrClN3O/c12-8-6-14-10(13)15-9(8)16-11(7-17)4-2-1-3-5-11/h6,17H,1-5,7H2,(H,14,15,16). The molecule has 0 bridgehead atoms. The van der Waals surface area contributed by atoms with Gasteiger partial charge in [-0.15, -0.1) is 0 Å². The van der Waals surface area contributed by atoms with Crippen molar-refractivity contribution in [3.63, 3.8) is 0 Å². The van der Waals surface area contributed by atoms with Crippen LogP contribution < -0.4 is 5.32 Å². The molecular weight excluding hydrogens is 305 g/mol. The second-order valence-corrected chi connectivity index (χ2v) is 5.65. The van der Waals surface area contributed by atoms with Crippen molar-refractivity contribution in [2.45, 2.75) is 37.6 Å². The zero-order valence-electron chi connectivity index (χ0n) is 9.42. The van der Waals surface area contributed by atoms with Gasteiger partial charge in [-0.05, 0) is 40.4 Å². The molecular formula is C11H15BrClN3O. The van der Waals surface area contributed by atoms with E-state index in [2.05, 4.69) is 31.2 Å². The first-order chi connectivity index (χ1) is 8.15. The van der Waals surface area contributed by atoms with Gasteiger partial charge >= 0.3 is 0 Å². The van der Waals surface area contributed by atoms with Gasteiger partial charge in [0.25, 0.3) is 0 Å². The fourth-order valence-corrected chi connectivity index (χ4v) is 2.66. The van der Waals surface area contributed by atoms with E-state index in [4.69, 9.17) is 11.6 Å². The van der Waals surface area contributed by atoms with E-state index in [0.29, 0.717) is 5.82 Å². The van der Waals surface area contributed by atoms with E-state index in [0.717, 1.165) is 30.2 Å². The molecule has 1 aliphatic rings. The molecule has 1 fully saturated rings. The average Bonchev–Trinajstić information content (AvgIpc) is 2.35. The summed E-state index contributed by atoms with van der Waals surface area (Å²) in [5.74, 6) is 0.654. The van der Waals surface area contributed by atoms with Gasteiger partial charge in [-0.3, -0.25) is 0 Å². The van der Waals surface area contributed by atoms with Crippen LogP contribution in [-0.2, 0) is 0 Å². The Hall–Kier alpha value is -0.390. The second kappa shape index (κ2) is 5.50. The van der Waals surface area contributed by atoms with Crippen molar-refractivity contribution in [2.75, 3.05) is 11.9 Å². The monoisotopic (exact) mass is 319 g/mol. The number of nitrogens with zero attached hydrogens (tertiary/aromatic N) is 2. The van der Waals surface area contributed by atoms with Crippen molar-refractivity contribution in [3.05, 3.63) is 16.0 Å². The molecule has 1 heterocycles. The molecule has 0 aliphatic heterocycles. The predicted molar refractivity (Wildman–Crippen MR) is 71.3 cm³/mol. The van der Waals surface area contributed by atoms with E-state index in [1.165, 1.54) is 6.42 Å². The van der Waals surface area contributed by atoms with Crippen molar-refractivity contribution in [3.8, 4) is 0 Å². The Morgan fingerprint density at radius 3 is 2.76 bits per heavy atom. The lowest BCUT2D eigenvalue weighted by molar-refractivity contribution is 0.172. The van der Waals surface area contributed by atoms with Gasteiger partial charge in [0.15, 0.2) is 0 Å². The van der Waals surface area contributed by atoms with Crippen LogP contribution in [0.15, 0.2) is 10.7 Å². The highest BCUT2D eigenvalue weighted by Crippen LogP contribution is 2.33. The molecule has 4 nitrogen and oxygen atoms in total. The number of aliphatic hydroxyl groups is 1. The highest BCUT2D eigenvalue weighted by molar-refractivity contribution is 9.10. The van der Waals surface area contributed by atoms with E-state index in [-0.39, 0.29) is 17.4 Å². The Kier molecular flexibility index (Phi) is 4.22. The molecule has 0 saturated heterocycles. The summed E-state index contributed by atoms with van der Waals surface area (Å²) in [6.45, 7) is 0.112. The summed E-state index contributed by atoms with van der Waals surface area (Å²) >= 11 is 9.16. The Morgan fingerprint density at radius 1 is 1.41 bits per heavy atom. The van der Waals surface area contributed by atoms with E-state index in [1.54, 1.807) is 6.20 Å². The maximum atomic E-state index is 9.61. The van der Waals surface area contributed by atoms with Crippen molar-refractivity contribution >= 4 is 33.3 Å². The fraction of sp³-hybridized carbons (Fsp3) is 0.636. The molecule has 6 heteroatoms. The van der Waals surface area contributed by atoms with Crippen molar-refractivity contribution < 1.29 is 5.11 Å². The summed E-state index contributed by atoms with van der Waals surface area (Å²) in [6.07, 6.45) is 7.02. The number of hydrogen-bond acceptors (Lipinski definition) is 4. The Morgan fingerprint density at radius 2 is 2.12 bits per heavy atom. The van der Waals surface area contributed by atoms with Gasteiger partial charge in [-0.25, -0.2) is 4.98 Å². The van der Waals surface area contributed by atoms with Gasteiger partial charge < -0.3 is 10.4 Å². The predicted octanol–water partition coefficient (Wildman–Crippen LogP) is 3.00. The number of nitrogens with one attached hydrogen (secondary N) is 1. The second-order valence-electron chi connectivity index (χ2n) is 4.46. The molecule has 1 aromatic heterocycles. The van der Waals surface area contributed by atoms with E-state index >= 15 is 0 Å². The molecule has 17 heavy (non-hydrogen) atoms. The minimum Gasteiger partial charge on any atom is -0.394 e. The molecule has 94 valence electrons. The van der Waals surface area contributed by atoms with Crippen molar-refractivity contribution in [2.24, 2.45) is 0 Å². The number of anilines is 1. The van der Waals surface area contributed by atoms with Crippen LogP contribution in [0.3, 0.4) is 0 Å². The zero-order valence-corrected chi connectivity index (χ0v) is 11.8. The molecule has 2 N–H and O–H groups in total. The molecule has 0 amide bonds. The van der Waals surface area contributed by atoms with Gasteiger partial charge in [0, 0.05) is 6.20 Å². The lowest BCUT2D eigenvalue weighted by Crippen LogP contribution is -2.44. The summed E-state index contributed by atoms with van der Waals surface area (Å²) in [5, 5.41) is 13.1. The molecule has 0 atom stereocenters. The first-order valence-electron chi connectivity index (χ1n) is 5.72. The van der Waals surface area contributed by atoms with Gasteiger partial charge in [0.05, 0.1) is 16.6 Å².